The molecule has 1 aliphatic heterocycles. The van der Waals surface area contributed by atoms with Crippen LogP contribution in [0.3, 0.4) is 0 Å². The molecular formula is C18H16N4O4S2. The number of carbonyl (C=O) groups is 3. The SMILES string of the molecule is C/C(=N/N=C1/NC(=O)[C@H](CC(=O)Nc2ccc(C(=O)O)cc2)S1)c1cccs1. The van der Waals surface area contributed by atoms with E-state index >= 15 is 0 Å². The Bertz CT molecular complexity index is 952. The highest BCUT2D eigenvalue weighted by molar-refractivity contribution is 8.15. The van der Waals surface area contributed by atoms with Crippen LogP contribution < -0.4 is 10.6 Å². The molecule has 0 bridgehead atoms. The number of anilines is 1. The van der Waals surface area contributed by atoms with Gasteiger partial charge in [-0.15, -0.1) is 16.4 Å². The molecule has 1 aliphatic rings. The summed E-state index contributed by atoms with van der Waals surface area (Å²) in [5.41, 5.74) is 1.33. The minimum Gasteiger partial charge on any atom is -0.478 e. The second-order valence-electron chi connectivity index (χ2n) is 5.80. The van der Waals surface area contributed by atoms with Crippen molar-refractivity contribution in [3.05, 3.63) is 52.2 Å². The predicted octanol–water partition coefficient (Wildman–Crippen LogP) is 2.79. The molecule has 3 rings (SSSR count). The van der Waals surface area contributed by atoms with Gasteiger partial charge < -0.3 is 15.7 Å². The van der Waals surface area contributed by atoms with Gasteiger partial charge in [0.2, 0.25) is 11.8 Å². The van der Waals surface area contributed by atoms with Crippen molar-refractivity contribution in [3.63, 3.8) is 0 Å². The lowest BCUT2D eigenvalue weighted by Gasteiger charge is -2.07. The Balaban J connectivity index is 1.56. The number of thiophene rings is 1. The molecule has 2 heterocycles. The number of carbonyl (C=O) groups excluding carboxylic acids is 2. The molecule has 2 amide bonds. The maximum Gasteiger partial charge on any atom is 0.335 e. The van der Waals surface area contributed by atoms with Crippen LogP contribution in [-0.2, 0) is 9.59 Å². The number of thioether (sulfide) groups is 1. The Kier molecular flexibility index (Phi) is 6.22. The lowest BCUT2D eigenvalue weighted by molar-refractivity contribution is -0.122. The van der Waals surface area contributed by atoms with Crippen LogP contribution in [0.25, 0.3) is 0 Å². The number of carboxylic acid groups (broad SMARTS) is 1. The molecule has 0 saturated carbocycles. The van der Waals surface area contributed by atoms with Gasteiger partial charge in [-0.25, -0.2) is 4.79 Å². The van der Waals surface area contributed by atoms with Gasteiger partial charge in [-0.2, -0.15) is 5.10 Å². The first-order valence-electron chi connectivity index (χ1n) is 8.19. The minimum atomic E-state index is -1.04. The van der Waals surface area contributed by atoms with E-state index in [4.69, 9.17) is 5.11 Å². The summed E-state index contributed by atoms with van der Waals surface area (Å²) in [6.07, 6.45) is -0.0379. The van der Waals surface area contributed by atoms with Gasteiger partial charge in [-0.05, 0) is 42.6 Å². The molecule has 10 heteroatoms. The number of nitrogens with one attached hydrogen (secondary N) is 2. The number of benzene rings is 1. The first-order chi connectivity index (χ1) is 13.4. The summed E-state index contributed by atoms with van der Waals surface area (Å²) in [4.78, 5) is 36.1. The van der Waals surface area contributed by atoms with Crippen LogP contribution in [0.15, 0.2) is 52.0 Å². The molecule has 8 nitrogen and oxygen atoms in total. The summed E-state index contributed by atoms with van der Waals surface area (Å²) in [6, 6.07) is 9.64. The monoisotopic (exact) mass is 416 g/mol. The lowest BCUT2D eigenvalue weighted by atomic mass is 10.2. The lowest BCUT2D eigenvalue weighted by Crippen LogP contribution is -2.28. The van der Waals surface area contributed by atoms with Gasteiger partial charge in [-0.1, -0.05) is 17.8 Å². The van der Waals surface area contributed by atoms with Crippen molar-refractivity contribution in [2.45, 2.75) is 18.6 Å². The molecule has 0 unspecified atom stereocenters. The van der Waals surface area contributed by atoms with Crippen LogP contribution in [0.2, 0.25) is 0 Å². The van der Waals surface area contributed by atoms with Crippen molar-refractivity contribution in [2.24, 2.45) is 10.2 Å². The molecule has 3 N–H and O–H groups in total. The fourth-order valence-corrected chi connectivity index (χ4v) is 3.91. The standard InChI is InChI=1S/C18H16N4O4S2/c1-10(13-3-2-8-27-13)21-22-18-20-16(24)14(28-18)9-15(23)19-12-6-4-11(5-7-12)17(25)26/h2-8,14H,9H2,1H3,(H,19,23)(H,25,26)(H,20,22,24)/b21-10-/t14-/m0/s1. The van der Waals surface area contributed by atoms with Crippen LogP contribution in [-0.4, -0.2) is 39.0 Å². The zero-order chi connectivity index (χ0) is 20.1. The molecule has 1 aromatic carbocycles. The normalized spacial score (nSPS) is 18.2. The fourth-order valence-electron chi connectivity index (χ4n) is 2.32. The maximum atomic E-state index is 12.2. The van der Waals surface area contributed by atoms with Crippen LogP contribution >= 0.6 is 23.1 Å². The fraction of sp³-hybridized carbons (Fsp3) is 0.167. The quantitative estimate of drug-likeness (QED) is 0.494. The molecule has 1 atom stereocenters. The van der Waals surface area contributed by atoms with Gasteiger partial charge in [-0.3, -0.25) is 9.59 Å². The van der Waals surface area contributed by atoms with Crippen LogP contribution in [0.5, 0.6) is 0 Å². The van der Waals surface area contributed by atoms with Crippen molar-refractivity contribution in [3.8, 4) is 0 Å². The number of rotatable bonds is 6. The summed E-state index contributed by atoms with van der Waals surface area (Å²) in [6.45, 7) is 1.83. The van der Waals surface area contributed by atoms with Crippen molar-refractivity contribution >= 4 is 57.4 Å². The third kappa shape index (κ3) is 5.05. The van der Waals surface area contributed by atoms with Crippen molar-refractivity contribution in [2.75, 3.05) is 5.32 Å². The number of aromatic carboxylic acids is 1. The van der Waals surface area contributed by atoms with Gasteiger partial charge in [0.05, 0.1) is 16.2 Å². The highest BCUT2D eigenvalue weighted by atomic mass is 32.2. The highest BCUT2D eigenvalue weighted by Crippen LogP contribution is 2.23. The van der Waals surface area contributed by atoms with E-state index in [1.54, 1.807) is 11.3 Å². The summed E-state index contributed by atoms with van der Waals surface area (Å²) in [5.74, 6) is -1.69. The van der Waals surface area contributed by atoms with Crippen molar-refractivity contribution in [1.29, 1.82) is 0 Å². The van der Waals surface area contributed by atoms with E-state index in [0.717, 1.165) is 22.4 Å². The molecule has 28 heavy (non-hydrogen) atoms. The van der Waals surface area contributed by atoms with E-state index in [9.17, 15) is 14.4 Å². The molecule has 1 saturated heterocycles. The van der Waals surface area contributed by atoms with Crippen LogP contribution in [0.1, 0.15) is 28.6 Å². The van der Waals surface area contributed by atoms with Gasteiger partial charge in [0, 0.05) is 12.1 Å². The minimum absolute atomic E-state index is 0.0379. The molecule has 144 valence electrons. The molecule has 1 aromatic heterocycles. The molecule has 1 fully saturated rings. The zero-order valence-electron chi connectivity index (χ0n) is 14.7. The Morgan fingerprint density at radius 3 is 2.64 bits per heavy atom. The van der Waals surface area contributed by atoms with E-state index < -0.39 is 11.2 Å². The number of amidine groups is 1. The van der Waals surface area contributed by atoms with E-state index in [1.165, 1.54) is 24.3 Å². The molecule has 0 spiro atoms. The summed E-state index contributed by atoms with van der Waals surface area (Å²) >= 11 is 2.70. The van der Waals surface area contributed by atoms with Gasteiger partial charge in [0.1, 0.15) is 5.25 Å². The number of carboxylic acids is 1. The van der Waals surface area contributed by atoms with Gasteiger partial charge in [0.15, 0.2) is 5.17 Å². The largest absolute Gasteiger partial charge is 0.478 e. The Morgan fingerprint density at radius 2 is 2.00 bits per heavy atom. The Hall–Kier alpha value is -2.98. The van der Waals surface area contributed by atoms with Crippen LogP contribution in [0.4, 0.5) is 5.69 Å². The van der Waals surface area contributed by atoms with E-state index in [0.29, 0.717) is 10.9 Å². The molecule has 0 radical (unpaired) electrons. The first kappa shape index (κ1) is 19.8. The average molecular weight is 416 g/mol. The third-order valence-electron chi connectivity index (χ3n) is 3.73. The number of hydrogen-bond donors (Lipinski definition) is 3. The highest BCUT2D eigenvalue weighted by Gasteiger charge is 2.32. The summed E-state index contributed by atoms with van der Waals surface area (Å²) < 4.78 is 0. The Morgan fingerprint density at radius 1 is 1.25 bits per heavy atom. The van der Waals surface area contributed by atoms with Gasteiger partial charge in [0.25, 0.3) is 0 Å². The van der Waals surface area contributed by atoms with Crippen molar-refractivity contribution in [1.82, 2.24) is 5.32 Å². The maximum absolute atomic E-state index is 12.2. The molecule has 0 aliphatic carbocycles. The van der Waals surface area contributed by atoms with E-state index in [1.807, 2.05) is 24.4 Å². The number of amides is 2. The average Bonchev–Trinajstić information content (AvgIpc) is 3.31. The number of hydrogen-bond acceptors (Lipinski definition) is 7. The smallest absolute Gasteiger partial charge is 0.335 e. The predicted molar refractivity (Wildman–Crippen MR) is 110 cm³/mol. The van der Waals surface area contributed by atoms with E-state index in [-0.39, 0.29) is 23.8 Å². The Labute approximate surface area is 168 Å². The number of nitrogens with zero attached hydrogens (tertiary/aromatic N) is 2. The third-order valence-corrected chi connectivity index (χ3v) is 5.78. The molecular weight excluding hydrogens is 400 g/mol. The summed E-state index contributed by atoms with van der Waals surface area (Å²) in [7, 11) is 0. The van der Waals surface area contributed by atoms with Crippen LogP contribution in [0, 0.1) is 0 Å². The topological polar surface area (TPSA) is 120 Å². The summed E-state index contributed by atoms with van der Waals surface area (Å²) in [5, 5.41) is 24.0. The second-order valence-corrected chi connectivity index (χ2v) is 7.94. The zero-order valence-corrected chi connectivity index (χ0v) is 16.3. The van der Waals surface area contributed by atoms with Gasteiger partial charge >= 0.3 is 5.97 Å². The first-order valence-corrected chi connectivity index (χ1v) is 9.95. The molecule has 2 aromatic rings. The van der Waals surface area contributed by atoms with E-state index in [2.05, 4.69) is 20.8 Å². The van der Waals surface area contributed by atoms with Crippen molar-refractivity contribution < 1.29 is 19.5 Å². The second kappa shape index (κ2) is 8.81.